The molecule has 2 rings (SSSR count). The summed E-state index contributed by atoms with van der Waals surface area (Å²) in [5, 5.41) is 0. The van der Waals surface area contributed by atoms with Crippen molar-refractivity contribution < 1.29 is 17.6 Å². The molecule has 2 heterocycles. The van der Waals surface area contributed by atoms with Crippen LogP contribution in [0, 0.1) is 12.8 Å². The lowest BCUT2D eigenvalue weighted by molar-refractivity contribution is -0.188. The van der Waals surface area contributed by atoms with Gasteiger partial charge in [0, 0.05) is 13.1 Å². The van der Waals surface area contributed by atoms with E-state index < -0.39 is 12.1 Å². The Bertz CT molecular complexity index is 416. The number of nitrogens with zero attached hydrogens (tertiary/aromatic N) is 1. The predicted molar refractivity (Wildman–Crippen MR) is 65.6 cm³/mol. The Kier molecular flexibility index (Phi) is 4.20. The summed E-state index contributed by atoms with van der Waals surface area (Å²) in [6.45, 7) is 2.71. The third-order valence-corrected chi connectivity index (χ3v) is 3.67. The lowest BCUT2D eigenvalue weighted by atomic mass is 9.95. The van der Waals surface area contributed by atoms with Crippen LogP contribution in [0.5, 0.6) is 0 Å². The number of aryl methyl sites for hydroxylation is 1. The zero-order chi connectivity index (χ0) is 14.0. The quantitative estimate of drug-likeness (QED) is 0.923. The first kappa shape index (κ1) is 14.4. The average molecular weight is 276 g/mol. The standard InChI is InChI=1S/C13H19F3N2O/c1-9-4-5-12(19-9)11(7-17)18-6-2-3-10(8-18)13(14,15)16/h4-5,10-11H,2-3,6-8,17H2,1H3. The van der Waals surface area contributed by atoms with Gasteiger partial charge in [-0.2, -0.15) is 13.2 Å². The lowest BCUT2D eigenvalue weighted by Crippen LogP contribution is -2.45. The number of nitrogens with two attached hydrogens (primary N) is 1. The molecule has 0 saturated carbocycles. The Morgan fingerprint density at radius 2 is 2.21 bits per heavy atom. The van der Waals surface area contributed by atoms with E-state index in [-0.39, 0.29) is 25.6 Å². The van der Waals surface area contributed by atoms with Gasteiger partial charge >= 0.3 is 6.18 Å². The highest BCUT2D eigenvalue weighted by molar-refractivity contribution is 5.10. The summed E-state index contributed by atoms with van der Waals surface area (Å²) in [6, 6.07) is 3.34. The Labute approximate surface area is 110 Å². The second-order valence-electron chi connectivity index (χ2n) is 5.08. The summed E-state index contributed by atoms with van der Waals surface area (Å²) >= 11 is 0. The van der Waals surface area contributed by atoms with Gasteiger partial charge in [-0.15, -0.1) is 0 Å². The average Bonchev–Trinajstić information content (AvgIpc) is 2.76. The Morgan fingerprint density at radius 3 is 2.74 bits per heavy atom. The third kappa shape index (κ3) is 3.30. The van der Waals surface area contributed by atoms with Crippen LogP contribution in [0.15, 0.2) is 16.5 Å². The highest BCUT2D eigenvalue weighted by Gasteiger charge is 2.43. The molecule has 1 aromatic rings. The Hall–Kier alpha value is -1.01. The monoisotopic (exact) mass is 276 g/mol. The van der Waals surface area contributed by atoms with Crippen molar-refractivity contribution in [1.29, 1.82) is 0 Å². The molecule has 0 spiro atoms. The zero-order valence-electron chi connectivity index (χ0n) is 10.9. The molecule has 1 aliphatic rings. The number of likely N-dealkylation sites (tertiary alicyclic amines) is 1. The van der Waals surface area contributed by atoms with Crippen molar-refractivity contribution in [3.8, 4) is 0 Å². The van der Waals surface area contributed by atoms with E-state index in [2.05, 4.69) is 0 Å². The molecule has 6 heteroatoms. The van der Waals surface area contributed by atoms with Gasteiger partial charge in [0.2, 0.25) is 0 Å². The fourth-order valence-electron chi connectivity index (χ4n) is 2.63. The first-order valence-corrected chi connectivity index (χ1v) is 6.49. The molecule has 2 N–H and O–H groups in total. The van der Waals surface area contributed by atoms with Crippen LogP contribution in [0.25, 0.3) is 0 Å². The van der Waals surface area contributed by atoms with Gasteiger partial charge in [-0.3, -0.25) is 4.90 Å². The highest BCUT2D eigenvalue weighted by Crippen LogP contribution is 2.36. The van der Waals surface area contributed by atoms with Gasteiger partial charge in [0.25, 0.3) is 0 Å². The first-order valence-electron chi connectivity index (χ1n) is 6.49. The van der Waals surface area contributed by atoms with E-state index in [9.17, 15) is 13.2 Å². The summed E-state index contributed by atoms with van der Waals surface area (Å²) in [4.78, 5) is 1.79. The fourth-order valence-corrected chi connectivity index (χ4v) is 2.63. The molecule has 0 bridgehead atoms. The van der Waals surface area contributed by atoms with Crippen LogP contribution in [0.4, 0.5) is 13.2 Å². The second-order valence-corrected chi connectivity index (χ2v) is 5.08. The van der Waals surface area contributed by atoms with E-state index in [1.807, 2.05) is 13.0 Å². The molecule has 2 atom stereocenters. The lowest BCUT2D eigenvalue weighted by Gasteiger charge is -2.37. The van der Waals surface area contributed by atoms with Gasteiger partial charge < -0.3 is 10.2 Å². The van der Waals surface area contributed by atoms with Gasteiger partial charge in [0.15, 0.2) is 0 Å². The van der Waals surface area contributed by atoms with Gasteiger partial charge in [-0.05, 0) is 38.4 Å². The highest BCUT2D eigenvalue weighted by atomic mass is 19.4. The molecule has 1 aliphatic heterocycles. The minimum absolute atomic E-state index is 0.00507. The molecule has 1 fully saturated rings. The Balaban J connectivity index is 2.10. The maximum Gasteiger partial charge on any atom is 0.393 e. The smallest absolute Gasteiger partial charge is 0.393 e. The van der Waals surface area contributed by atoms with Crippen molar-refractivity contribution in [1.82, 2.24) is 4.90 Å². The van der Waals surface area contributed by atoms with Crippen LogP contribution in [0.3, 0.4) is 0 Å². The summed E-state index contributed by atoms with van der Waals surface area (Å²) in [5.41, 5.74) is 5.72. The minimum atomic E-state index is -4.13. The number of halogens is 3. The van der Waals surface area contributed by atoms with Crippen molar-refractivity contribution in [3.05, 3.63) is 23.7 Å². The number of hydrogen-bond donors (Lipinski definition) is 1. The van der Waals surface area contributed by atoms with E-state index in [0.717, 1.165) is 5.76 Å². The molecule has 0 amide bonds. The molecule has 0 aliphatic carbocycles. The van der Waals surface area contributed by atoms with E-state index in [1.54, 1.807) is 11.0 Å². The molecular formula is C13H19F3N2O. The SMILES string of the molecule is Cc1ccc(C(CN)N2CCCC(C(F)(F)F)C2)o1. The van der Waals surface area contributed by atoms with Gasteiger partial charge in [0.05, 0.1) is 12.0 Å². The van der Waals surface area contributed by atoms with E-state index in [0.29, 0.717) is 18.7 Å². The van der Waals surface area contributed by atoms with Crippen LogP contribution >= 0.6 is 0 Å². The maximum atomic E-state index is 12.8. The summed E-state index contributed by atoms with van der Waals surface area (Å²) in [5.74, 6) is 0.145. The van der Waals surface area contributed by atoms with Gasteiger partial charge in [-0.25, -0.2) is 0 Å². The number of piperidine rings is 1. The molecule has 0 aromatic carbocycles. The third-order valence-electron chi connectivity index (χ3n) is 3.67. The summed E-state index contributed by atoms with van der Waals surface area (Å²) in [7, 11) is 0. The van der Waals surface area contributed by atoms with Crippen molar-refractivity contribution in [2.24, 2.45) is 11.7 Å². The normalized spacial score (nSPS) is 23.5. The van der Waals surface area contributed by atoms with Crippen LogP contribution < -0.4 is 5.73 Å². The molecule has 0 radical (unpaired) electrons. The molecule has 1 saturated heterocycles. The number of hydrogen-bond acceptors (Lipinski definition) is 3. The van der Waals surface area contributed by atoms with Crippen LogP contribution in [0.2, 0.25) is 0 Å². The van der Waals surface area contributed by atoms with Crippen molar-refractivity contribution in [2.75, 3.05) is 19.6 Å². The van der Waals surface area contributed by atoms with E-state index in [1.165, 1.54) is 0 Å². The largest absolute Gasteiger partial charge is 0.465 e. The van der Waals surface area contributed by atoms with Gasteiger partial charge in [0.1, 0.15) is 11.5 Å². The predicted octanol–water partition coefficient (Wildman–Crippen LogP) is 2.86. The second kappa shape index (κ2) is 5.54. The van der Waals surface area contributed by atoms with Crippen molar-refractivity contribution >= 4 is 0 Å². The molecule has 2 unspecified atom stereocenters. The first-order chi connectivity index (χ1) is 8.91. The molecule has 3 nitrogen and oxygen atoms in total. The van der Waals surface area contributed by atoms with Gasteiger partial charge in [-0.1, -0.05) is 0 Å². The summed E-state index contributed by atoms with van der Waals surface area (Å²) in [6.07, 6.45) is -3.38. The van der Waals surface area contributed by atoms with Crippen molar-refractivity contribution in [2.45, 2.75) is 32.0 Å². The Morgan fingerprint density at radius 1 is 1.47 bits per heavy atom. The van der Waals surface area contributed by atoms with E-state index >= 15 is 0 Å². The summed E-state index contributed by atoms with van der Waals surface area (Å²) < 4.78 is 43.9. The number of alkyl halides is 3. The molecule has 108 valence electrons. The van der Waals surface area contributed by atoms with Crippen LogP contribution in [-0.2, 0) is 0 Å². The topological polar surface area (TPSA) is 42.4 Å². The molecule has 1 aromatic heterocycles. The molecule has 19 heavy (non-hydrogen) atoms. The van der Waals surface area contributed by atoms with Crippen LogP contribution in [-0.4, -0.2) is 30.7 Å². The van der Waals surface area contributed by atoms with E-state index in [4.69, 9.17) is 10.2 Å². The van der Waals surface area contributed by atoms with Crippen LogP contribution in [0.1, 0.15) is 30.4 Å². The minimum Gasteiger partial charge on any atom is -0.465 e. The maximum absolute atomic E-state index is 12.8. The fraction of sp³-hybridized carbons (Fsp3) is 0.692. The zero-order valence-corrected chi connectivity index (χ0v) is 10.9. The number of furan rings is 1. The molecular weight excluding hydrogens is 257 g/mol. The number of rotatable bonds is 3. The van der Waals surface area contributed by atoms with Crippen molar-refractivity contribution in [3.63, 3.8) is 0 Å².